The van der Waals surface area contributed by atoms with Crippen LogP contribution in [-0.4, -0.2) is 32.0 Å². The summed E-state index contributed by atoms with van der Waals surface area (Å²) in [6, 6.07) is 3.65. The molecule has 0 aromatic heterocycles. The Morgan fingerprint density at radius 3 is 2.71 bits per heavy atom. The topological polar surface area (TPSA) is 55.3 Å². The summed E-state index contributed by atoms with van der Waals surface area (Å²) in [5.74, 6) is 1.34. The summed E-state index contributed by atoms with van der Waals surface area (Å²) in [6.45, 7) is 4.03. The molecule has 0 aliphatic heterocycles. The Hall–Kier alpha value is -0.970. The van der Waals surface area contributed by atoms with Gasteiger partial charge in [-0.2, -0.15) is 0 Å². The average molecular weight is 261 g/mol. The molecular formula is C12H19ClNO3+. The molecule has 1 rings (SSSR count). The van der Waals surface area contributed by atoms with E-state index in [4.69, 9.17) is 26.2 Å². The SMILES string of the molecule is CCOc1cc(C[NH2+]CCO)c(Cl)cc1OC. The smallest absolute Gasteiger partial charge is 0.162 e. The van der Waals surface area contributed by atoms with Gasteiger partial charge in [0.1, 0.15) is 6.54 Å². The third-order valence-electron chi connectivity index (χ3n) is 2.33. The summed E-state index contributed by atoms with van der Waals surface area (Å²) in [5, 5.41) is 11.4. The molecule has 96 valence electrons. The van der Waals surface area contributed by atoms with Crippen molar-refractivity contribution in [2.24, 2.45) is 0 Å². The predicted molar refractivity (Wildman–Crippen MR) is 66.8 cm³/mol. The van der Waals surface area contributed by atoms with Crippen LogP contribution in [0.3, 0.4) is 0 Å². The van der Waals surface area contributed by atoms with E-state index in [1.54, 1.807) is 13.2 Å². The van der Waals surface area contributed by atoms with Gasteiger partial charge in [0.25, 0.3) is 0 Å². The zero-order chi connectivity index (χ0) is 12.7. The number of nitrogens with two attached hydrogens (primary N) is 1. The van der Waals surface area contributed by atoms with Crippen molar-refractivity contribution in [3.05, 3.63) is 22.7 Å². The minimum atomic E-state index is 0.159. The van der Waals surface area contributed by atoms with Gasteiger partial charge in [-0.3, -0.25) is 0 Å². The minimum Gasteiger partial charge on any atom is -0.493 e. The van der Waals surface area contributed by atoms with Gasteiger partial charge in [-0.1, -0.05) is 11.6 Å². The van der Waals surface area contributed by atoms with Gasteiger partial charge in [-0.05, 0) is 13.0 Å². The molecule has 0 bridgehead atoms. The van der Waals surface area contributed by atoms with Crippen LogP contribution in [0, 0.1) is 0 Å². The fraction of sp³-hybridized carbons (Fsp3) is 0.500. The molecule has 1 aromatic carbocycles. The number of hydrogen-bond donors (Lipinski definition) is 2. The molecular weight excluding hydrogens is 242 g/mol. The quantitative estimate of drug-likeness (QED) is 0.713. The first-order chi connectivity index (χ1) is 8.22. The lowest BCUT2D eigenvalue weighted by Crippen LogP contribution is -2.83. The number of ether oxygens (including phenoxy) is 2. The van der Waals surface area contributed by atoms with Crippen molar-refractivity contribution in [2.45, 2.75) is 13.5 Å². The standard InChI is InChI=1S/C12H18ClNO3/c1-3-17-12-6-9(8-14-4-5-15)10(13)7-11(12)16-2/h6-7,14-15H,3-5,8H2,1-2H3/p+1. The van der Waals surface area contributed by atoms with E-state index in [9.17, 15) is 0 Å². The number of hydrogen-bond acceptors (Lipinski definition) is 3. The average Bonchev–Trinajstić information content (AvgIpc) is 2.33. The number of benzene rings is 1. The second kappa shape index (κ2) is 7.37. The molecule has 0 heterocycles. The molecule has 3 N–H and O–H groups in total. The van der Waals surface area contributed by atoms with Crippen LogP contribution in [0.15, 0.2) is 12.1 Å². The number of quaternary nitrogens is 1. The summed E-state index contributed by atoms with van der Waals surface area (Å²) in [6.07, 6.45) is 0. The van der Waals surface area contributed by atoms with Crippen molar-refractivity contribution in [3.63, 3.8) is 0 Å². The number of aliphatic hydroxyl groups is 1. The summed E-state index contributed by atoms with van der Waals surface area (Å²) >= 11 is 6.14. The van der Waals surface area contributed by atoms with Crippen LogP contribution in [-0.2, 0) is 6.54 Å². The molecule has 0 unspecified atom stereocenters. The van der Waals surface area contributed by atoms with Crippen LogP contribution in [0.2, 0.25) is 5.02 Å². The molecule has 0 saturated heterocycles. The van der Waals surface area contributed by atoms with Crippen molar-refractivity contribution < 1.29 is 19.9 Å². The molecule has 0 fully saturated rings. The molecule has 5 heteroatoms. The lowest BCUT2D eigenvalue weighted by molar-refractivity contribution is -0.671. The molecule has 1 aromatic rings. The van der Waals surface area contributed by atoms with Crippen molar-refractivity contribution >= 4 is 11.6 Å². The lowest BCUT2D eigenvalue weighted by Gasteiger charge is -2.12. The van der Waals surface area contributed by atoms with Gasteiger partial charge in [0, 0.05) is 11.6 Å². The molecule has 4 nitrogen and oxygen atoms in total. The van der Waals surface area contributed by atoms with Gasteiger partial charge < -0.3 is 19.9 Å². The zero-order valence-electron chi connectivity index (χ0n) is 10.2. The summed E-state index contributed by atoms with van der Waals surface area (Å²) in [7, 11) is 1.59. The Bertz CT molecular complexity index is 358. The van der Waals surface area contributed by atoms with Crippen LogP contribution in [0.25, 0.3) is 0 Å². The summed E-state index contributed by atoms with van der Waals surface area (Å²) in [4.78, 5) is 0. The van der Waals surface area contributed by atoms with Crippen molar-refractivity contribution in [1.82, 2.24) is 0 Å². The predicted octanol–water partition coefficient (Wildman–Crippen LogP) is 0.803. The highest BCUT2D eigenvalue weighted by atomic mass is 35.5. The van der Waals surface area contributed by atoms with Gasteiger partial charge in [0.05, 0.1) is 31.9 Å². The maximum atomic E-state index is 8.73. The highest BCUT2D eigenvalue weighted by Gasteiger charge is 2.11. The summed E-state index contributed by atoms with van der Waals surface area (Å²) < 4.78 is 10.7. The molecule has 0 spiro atoms. The molecule has 0 saturated carbocycles. The fourth-order valence-corrected chi connectivity index (χ4v) is 1.74. The van der Waals surface area contributed by atoms with Gasteiger partial charge in [0.15, 0.2) is 11.5 Å². The highest BCUT2D eigenvalue weighted by molar-refractivity contribution is 6.31. The Morgan fingerprint density at radius 1 is 1.35 bits per heavy atom. The van der Waals surface area contributed by atoms with E-state index in [-0.39, 0.29) is 6.61 Å². The van der Waals surface area contributed by atoms with E-state index >= 15 is 0 Å². The van der Waals surface area contributed by atoms with Crippen molar-refractivity contribution in [3.8, 4) is 11.5 Å². The first-order valence-corrected chi connectivity index (χ1v) is 6.02. The van der Waals surface area contributed by atoms with E-state index in [0.717, 1.165) is 5.56 Å². The van der Waals surface area contributed by atoms with Crippen LogP contribution in [0.4, 0.5) is 0 Å². The van der Waals surface area contributed by atoms with Crippen molar-refractivity contribution in [2.75, 3.05) is 26.9 Å². The summed E-state index contributed by atoms with van der Waals surface area (Å²) in [5.41, 5.74) is 0.976. The van der Waals surface area contributed by atoms with Crippen molar-refractivity contribution in [1.29, 1.82) is 0 Å². The maximum absolute atomic E-state index is 8.73. The van der Waals surface area contributed by atoms with Gasteiger partial charge in [0.2, 0.25) is 0 Å². The molecule has 0 amide bonds. The number of methoxy groups -OCH3 is 1. The number of halogens is 1. The van der Waals surface area contributed by atoms with Crippen LogP contribution < -0.4 is 14.8 Å². The monoisotopic (exact) mass is 260 g/mol. The number of aliphatic hydroxyl groups excluding tert-OH is 1. The molecule has 17 heavy (non-hydrogen) atoms. The first kappa shape index (κ1) is 14.1. The molecule has 0 aliphatic rings. The van der Waals surface area contributed by atoms with Crippen LogP contribution in [0.5, 0.6) is 11.5 Å². The Morgan fingerprint density at radius 2 is 2.12 bits per heavy atom. The maximum Gasteiger partial charge on any atom is 0.162 e. The second-order valence-corrected chi connectivity index (χ2v) is 3.94. The van der Waals surface area contributed by atoms with Crippen LogP contribution >= 0.6 is 11.6 Å². The van der Waals surface area contributed by atoms with Gasteiger partial charge >= 0.3 is 0 Å². The zero-order valence-corrected chi connectivity index (χ0v) is 11.0. The third-order valence-corrected chi connectivity index (χ3v) is 2.68. The van der Waals surface area contributed by atoms with E-state index in [1.165, 1.54) is 0 Å². The van der Waals surface area contributed by atoms with Gasteiger partial charge in [-0.25, -0.2) is 0 Å². The lowest BCUT2D eigenvalue weighted by atomic mass is 10.2. The highest BCUT2D eigenvalue weighted by Crippen LogP contribution is 2.32. The molecule has 0 atom stereocenters. The fourth-order valence-electron chi connectivity index (χ4n) is 1.51. The van der Waals surface area contributed by atoms with E-state index in [1.807, 2.05) is 18.3 Å². The third kappa shape index (κ3) is 4.07. The Kier molecular flexibility index (Phi) is 6.11. The second-order valence-electron chi connectivity index (χ2n) is 3.53. The van der Waals surface area contributed by atoms with E-state index in [2.05, 4.69) is 0 Å². The minimum absolute atomic E-state index is 0.159. The van der Waals surface area contributed by atoms with E-state index < -0.39 is 0 Å². The normalized spacial score (nSPS) is 10.4. The van der Waals surface area contributed by atoms with Gasteiger partial charge in [-0.15, -0.1) is 0 Å². The largest absolute Gasteiger partial charge is 0.493 e. The molecule has 0 aliphatic carbocycles. The Balaban J connectivity index is 2.85. The van der Waals surface area contributed by atoms with Crippen LogP contribution in [0.1, 0.15) is 12.5 Å². The first-order valence-electron chi connectivity index (χ1n) is 5.64. The number of rotatable bonds is 7. The Labute approximate surface area is 106 Å². The van der Waals surface area contributed by atoms with E-state index in [0.29, 0.717) is 36.2 Å². The molecule has 0 radical (unpaired) electrons.